The fraction of sp³-hybridized carbons (Fsp3) is 0. The van der Waals surface area contributed by atoms with Crippen molar-refractivity contribution >= 4 is 0 Å². The summed E-state index contributed by atoms with van der Waals surface area (Å²) < 4.78 is 0. The maximum Gasteiger partial charge on any atom is 0.0998 e. The third kappa shape index (κ3) is 1.43. The van der Waals surface area contributed by atoms with Crippen molar-refractivity contribution in [3.8, 4) is 17.2 Å². The maximum absolute atomic E-state index is 8.87. The molecule has 0 spiro atoms. The van der Waals surface area contributed by atoms with Gasteiger partial charge in [-0.25, -0.2) is 0 Å². The fourth-order valence-corrected chi connectivity index (χ4v) is 1.21. The summed E-state index contributed by atoms with van der Waals surface area (Å²) in [7, 11) is 0. The Bertz CT molecular complexity index is 473. The van der Waals surface area contributed by atoms with Crippen LogP contribution in [0.2, 0.25) is 0 Å². The lowest BCUT2D eigenvalue weighted by atomic mass is 10.0. The third-order valence-electron chi connectivity index (χ3n) is 1.86. The molecule has 0 aliphatic heterocycles. The van der Waals surface area contributed by atoms with Gasteiger partial charge >= 0.3 is 0 Å². The molecule has 0 amide bonds. The Hall–Kier alpha value is -2.28. The van der Waals surface area contributed by atoms with Crippen LogP contribution in [0.1, 0.15) is 5.56 Å². The van der Waals surface area contributed by atoms with Crippen LogP contribution in [-0.4, -0.2) is 15.4 Å². The Balaban J connectivity index is 2.58. The van der Waals surface area contributed by atoms with Crippen molar-refractivity contribution in [2.24, 2.45) is 0 Å². The molecule has 0 fully saturated rings. The van der Waals surface area contributed by atoms with Gasteiger partial charge in [-0.2, -0.15) is 5.26 Å². The lowest BCUT2D eigenvalue weighted by molar-refractivity contribution is 0.867. The van der Waals surface area contributed by atoms with Crippen molar-refractivity contribution in [1.29, 1.82) is 5.26 Å². The van der Waals surface area contributed by atoms with E-state index < -0.39 is 0 Å². The van der Waals surface area contributed by atoms with E-state index in [0.29, 0.717) is 5.56 Å². The molecule has 0 radical (unpaired) electrons. The van der Waals surface area contributed by atoms with Gasteiger partial charge in [-0.3, -0.25) is 0 Å². The van der Waals surface area contributed by atoms with Crippen LogP contribution in [0.3, 0.4) is 0 Å². The lowest BCUT2D eigenvalue weighted by Crippen LogP contribution is -1.89. The van der Waals surface area contributed by atoms with Crippen LogP contribution in [0.5, 0.6) is 0 Å². The molecular weight excluding hydrogens is 176 g/mol. The highest BCUT2D eigenvalue weighted by atomic mass is 15.3. The van der Waals surface area contributed by atoms with Crippen molar-refractivity contribution < 1.29 is 0 Å². The molecular formula is C10H6N4. The smallest absolute Gasteiger partial charge is 0.0998 e. The van der Waals surface area contributed by atoms with E-state index in [-0.39, 0.29) is 0 Å². The SMILES string of the molecule is N#Cc1ccccc1-c1cnnnc1. The Morgan fingerprint density at radius 3 is 2.50 bits per heavy atom. The van der Waals surface area contributed by atoms with Gasteiger partial charge in [0.1, 0.15) is 0 Å². The number of hydrogen-bond acceptors (Lipinski definition) is 4. The lowest BCUT2D eigenvalue weighted by Gasteiger charge is -2.00. The Morgan fingerprint density at radius 1 is 1.07 bits per heavy atom. The average molecular weight is 182 g/mol. The second-order valence-corrected chi connectivity index (χ2v) is 2.69. The molecule has 2 aromatic rings. The topological polar surface area (TPSA) is 62.5 Å². The minimum Gasteiger partial charge on any atom is -0.192 e. The Morgan fingerprint density at radius 2 is 1.79 bits per heavy atom. The summed E-state index contributed by atoms with van der Waals surface area (Å²) in [6.07, 6.45) is 3.17. The van der Waals surface area contributed by atoms with Gasteiger partial charge in [-0.05, 0) is 11.3 Å². The van der Waals surface area contributed by atoms with Crippen molar-refractivity contribution in [2.75, 3.05) is 0 Å². The van der Waals surface area contributed by atoms with E-state index in [1.165, 1.54) is 0 Å². The summed E-state index contributed by atoms with van der Waals surface area (Å²) in [6.45, 7) is 0. The zero-order chi connectivity index (χ0) is 9.80. The zero-order valence-corrected chi connectivity index (χ0v) is 7.25. The number of benzene rings is 1. The second-order valence-electron chi connectivity index (χ2n) is 2.69. The Kier molecular flexibility index (Phi) is 2.15. The van der Waals surface area contributed by atoms with Crippen LogP contribution in [0, 0.1) is 11.3 Å². The van der Waals surface area contributed by atoms with E-state index in [4.69, 9.17) is 5.26 Å². The fourth-order valence-electron chi connectivity index (χ4n) is 1.21. The third-order valence-corrected chi connectivity index (χ3v) is 1.86. The second kappa shape index (κ2) is 3.62. The van der Waals surface area contributed by atoms with Crippen LogP contribution >= 0.6 is 0 Å². The monoisotopic (exact) mass is 182 g/mol. The van der Waals surface area contributed by atoms with Gasteiger partial charge in [0.25, 0.3) is 0 Å². The first-order valence-electron chi connectivity index (χ1n) is 4.04. The highest BCUT2D eigenvalue weighted by Gasteiger charge is 2.03. The molecule has 2 rings (SSSR count). The van der Waals surface area contributed by atoms with Gasteiger partial charge in [0.15, 0.2) is 0 Å². The van der Waals surface area contributed by atoms with Crippen molar-refractivity contribution in [3.05, 3.63) is 42.2 Å². The van der Waals surface area contributed by atoms with Gasteiger partial charge in [-0.1, -0.05) is 18.2 Å². The number of nitrogens with zero attached hydrogens (tertiary/aromatic N) is 4. The molecule has 4 nitrogen and oxygen atoms in total. The van der Waals surface area contributed by atoms with Gasteiger partial charge in [0, 0.05) is 11.1 Å². The van der Waals surface area contributed by atoms with Crippen LogP contribution in [0.15, 0.2) is 36.7 Å². The predicted octanol–water partition coefficient (Wildman–Crippen LogP) is 1.41. The number of nitriles is 1. The molecule has 0 unspecified atom stereocenters. The van der Waals surface area contributed by atoms with Crippen molar-refractivity contribution in [2.45, 2.75) is 0 Å². The summed E-state index contributed by atoms with van der Waals surface area (Å²) >= 11 is 0. The van der Waals surface area contributed by atoms with Gasteiger partial charge in [-0.15, -0.1) is 10.2 Å². The minimum atomic E-state index is 0.613. The van der Waals surface area contributed by atoms with E-state index in [1.54, 1.807) is 18.5 Å². The van der Waals surface area contributed by atoms with Gasteiger partial charge in [0.2, 0.25) is 0 Å². The molecule has 0 aliphatic rings. The zero-order valence-electron chi connectivity index (χ0n) is 7.25. The molecule has 0 saturated heterocycles. The molecule has 1 aromatic heterocycles. The summed E-state index contributed by atoms with van der Waals surface area (Å²) in [4.78, 5) is 0. The number of rotatable bonds is 1. The average Bonchev–Trinajstić information content (AvgIpc) is 2.30. The summed E-state index contributed by atoms with van der Waals surface area (Å²) in [5.74, 6) is 0. The first-order chi connectivity index (χ1) is 6.92. The molecule has 0 atom stereocenters. The van der Waals surface area contributed by atoms with E-state index >= 15 is 0 Å². The Labute approximate surface area is 80.8 Å². The van der Waals surface area contributed by atoms with Crippen molar-refractivity contribution in [3.63, 3.8) is 0 Å². The highest BCUT2D eigenvalue weighted by Crippen LogP contribution is 2.20. The molecule has 0 N–H and O–H groups in total. The van der Waals surface area contributed by atoms with E-state index in [0.717, 1.165) is 11.1 Å². The largest absolute Gasteiger partial charge is 0.192 e. The minimum absolute atomic E-state index is 0.613. The van der Waals surface area contributed by atoms with Crippen LogP contribution in [-0.2, 0) is 0 Å². The normalized spacial score (nSPS) is 9.36. The van der Waals surface area contributed by atoms with E-state index in [9.17, 15) is 0 Å². The standard InChI is InChI=1S/C10H6N4/c11-5-8-3-1-2-4-10(8)9-6-12-14-13-7-9/h1-4,6-7H. The molecule has 66 valence electrons. The molecule has 4 heteroatoms. The van der Waals surface area contributed by atoms with Crippen LogP contribution < -0.4 is 0 Å². The molecule has 14 heavy (non-hydrogen) atoms. The number of aromatic nitrogens is 3. The maximum atomic E-state index is 8.87. The van der Waals surface area contributed by atoms with Gasteiger partial charge < -0.3 is 0 Å². The molecule has 0 saturated carbocycles. The highest BCUT2D eigenvalue weighted by molar-refractivity contribution is 5.68. The summed E-state index contributed by atoms with van der Waals surface area (Å²) in [5, 5.41) is 19.6. The molecule has 1 heterocycles. The summed E-state index contributed by atoms with van der Waals surface area (Å²) in [6, 6.07) is 9.43. The molecule has 1 aromatic carbocycles. The summed E-state index contributed by atoms with van der Waals surface area (Å²) in [5.41, 5.74) is 2.25. The first-order valence-corrected chi connectivity index (χ1v) is 4.04. The van der Waals surface area contributed by atoms with E-state index in [1.807, 2.05) is 18.2 Å². The van der Waals surface area contributed by atoms with Crippen molar-refractivity contribution in [1.82, 2.24) is 15.4 Å². The molecule has 0 bridgehead atoms. The predicted molar refractivity (Wildman–Crippen MR) is 50.0 cm³/mol. The van der Waals surface area contributed by atoms with Crippen LogP contribution in [0.25, 0.3) is 11.1 Å². The van der Waals surface area contributed by atoms with Crippen LogP contribution in [0.4, 0.5) is 0 Å². The van der Waals surface area contributed by atoms with E-state index in [2.05, 4.69) is 21.5 Å². The quantitative estimate of drug-likeness (QED) is 0.668. The number of hydrogen-bond donors (Lipinski definition) is 0. The first kappa shape index (κ1) is 8.32. The van der Waals surface area contributed by atoms with Gasteiger partial charge in [0.05, 0.1) is 24.0 Å². The molecule has 0 aliphatic carbocycles.